The van der Waals surface area contributed by atoms with E-state index in [1.165, 1.54) is 25.7 Å². The fourth-order valence-electron chi connectivity index (χ4n) is 1.97. The molecule has 0 fully saturated rings. The lowest BCUT2D eigenvalue weighted by atomic mass is 10.2. The summed E-state index contributed by atoms with van der Waals surface area (Å²) in [6, 6.07) is 2.06. The summed E-state index contributed by atoms with van der Waals surface area (Å²) < 4.78 is 0. The summed E-state index contributed by atoms with van der Waals surface area (Å²) in [6.07, 6.45) is 5.73. The number of nitrogens with zero attached hydrogens (tertiary/aromatic N) is 3. The molecule has 1 aromatic rings. The molecule has 108 valence electrons. The second-order valence-corrected chi connectivity index (χ2v) is 4.83. The second kappa shape index (κ2) is 8.73. The highest BCUT2D eigenvalue weighted by molar-refractivity contribution is 5.49. The number of aryl methyl sites for hydroxylation is 1. The monoisotopic (exact) mass is 264 g/mol. The Hall–Kier alpha value is -1.32. The molecule has 0 spiro atoms. The van der Waals surface area contributed by atoms with Crippen LogP contribution in [0.5, 0.6) is 0 Å². The molecule has 4 nitrogen and oxygen atoms in total. The van der Waals surface area contributed by atoms with Crippen molar-refractivity contribution < 1.29 is 0 Å². The Labute approximate surface area is 117 Å². The molecular weight excluding hydrogens is 236 g/mol. The first-order valence-corrected chi connectivity index (χ1v) is 7.55. The topological polar surface area (TPSA) is 41.0 Å². The van der Waals surface area contributed by atoms with E-state index in [1.54, 1.807) is 0 Å². The van der Waals surface area contributed by atoms with Crippen molar-refractivity contribution in [2.45, 2.75) is 52.9 Å². The summed E-state index contributed by atoms with van der Waals surface area (Å²) in [5.41, 5.74) is 0. The van der Waals surface area contributed by atoms with E-state index in [9.17, 15) is 0 Å². The van der Waals surface area contributed by atoms with Crippen LogP contribution in [0.15, 0.2) is 6.07 Å². The molecule has 1 N–H and O–H groups in total. The zero-order chi connectivity index (χ0) is 14.1. The maximum absolute atomic E-state index is 4.68. The van der Waals surface area contributed by atoms with Crippen molar-refractivity contribution in [1.82, 2.24) is 9.97 Å². The van der Waals surface area contributed by atoms with Crippen LogP contribution in [0.2, 0.25) is 0 Å². The first-order valence-electron chi connectivity index (χ1n) is 7.55. The molecule has 1 heterocycles. The van der Waals surface area contributed by atoms with Gasteiger partial charge in [-0.1, -0.05) is 33.6 Å². The van der Waals surface area contributed by atoms with E-state index in [0.29, 0.717) is 0 Å². The van der Waals surface area contributed by atoms with Gasteiger partial charge in [0, 0.05) is 32.6 Å². The Bertz CT molecular complexity index is 335. The van der Waals surface area contributed by atoms with Gasteiger partial charge in [-0.05, 0) is 12.8 Å². The minimum absolute atomic E-state index is 0.873. The van der Waals surface area contributed by atoms with Gasteiger partial charge in [-0.15, -0.1) is 0 Å². The highest BCUT2D eigenvalue weighted by Gasteiger charge is 2.10. The van der Waals surface area contributed by atoms with Crippen molar-refractivity contribution >= 4 is 11.6 Å². The van der Waals surface area contributed by atoms with Gasteiger partial charge in [0.2, 0.25) is 0 Å². The van der Waals surface area contributed by atoms with Crippen molar-refractivity contribution in [3.8, 4) is 0 Å². The standard InChI is InChI=1S/C15H28N4/c1-5-8-10-19(11-9-6-2)15-12-14(16-4)17-13(7-3)18-15/h12H,5-11H2,1-4H3,(H,16,17,18). The van der Waals surface area contributed by atoms with Crippen molar-refractivity contribution in [3.63, 3.8) is 0 Å². The number of aromatic nitrogens is 2. The number of rotatable bonds is 9. The predicted octanol–water partition coefficient (Wildman–Crippen LogP) is 3.49. The fraction of sp³-hybridized carbons (Fsp3) is 0.733. The largest absolute Gasteiger partial charge is 0.373 e. The van der Waals surface area contributed by atoms with Gasteiger partial charge in [0.15, 0.2) is 0 Å². The Kier molecular flexibility index (Phi) is 7.23. The van der Waals surface area contributed by atoms with Crippen LogP contribution in [-0.2, 0) is 6.42 Å². The van der Waals surface area contributed by atoms with Crippen LogP contribution < -0.4 is 10.2 Å². The minimum atomic E-state index is 0.873. The Morgan fingerprint density at radius 1 is 1.05 bits per heavy atom. The highest BCUT2D eigenvalue weighted by atomic mass is 15.2. The van der Waals surface area contributed by atoms with Crippen LogP contribution in [-0.4, -0.2) is 30.1 Å². The van der Waals surface area contributed by atoms with Crippen molar-refractivity contribution in [1.29, 1.82) is 0 Å². The van der Waals surface area contributed by atoms with Crippen molar-refractivity contribution in [2.75, 3.05) is 30.4 Å². The van der Waals surface area contributed by atoms with Gasteiger partial charge < -0.3 is 10.2 Å². The van der Waals surface area contributed by atoms with Gasteiger partial charge in [-0.2, -0.15) is 0 Å². The highest BCUT2D eigenvalue weighted by Crippen LogP contribution is 2.17. The molecule has 0 saturated carbocycles. The van der Waals surface area contributed by atoms with E-state index in [-0.39, 0.29) is 0 Å². The molecular formula is C15H28N4. The average molecular weight is 264 g/mol. The van der Waals surface area contributed by atoms with Gasteiger partial charge in [0.05, 0.1) is 0 Å². The molecule has 1 rings (SSSR count). The first kappa shape index (κ1) is 15.7. The molecule has 4 heteroatoms. The van der Waals surface area contributed by atoms with Crippen LogP contribution >= 0.6 is 0 Å². The second-order valence-electron chi connectivity index (χ2n) is 4.83. The Morgan fingerprint density at radius 3 is 2.16 bits per heavy atom. The van der Waals surface area contributed by atoms with Crippen LogP contribution in [0.25, 0.3) is 0 Å². The molecule has 0 unspecified atom stereocenters. The Morgan fingerprint density at radius 2 is 1.68 bits per heavy atom. The molecule has 1 aromatic heterocycles. The van der Waals surface area contributed by atoms with E-state index in [0.717, 1.165) is 37.0 Å². The predicted molar refractivity (Wildman–Crippen MR) is 83.0 cm³/mol. The lowest BCUT2D eigenvalue weighted by Crippen LogP contribution is -2.27. The van der Waals surface area contributed by atoms with E-state index >= 15 is 0 Å². The molecule has 0 aliphatic rings. The molecule has 0 atom stereocenters. The summed E-state index contributed by atoms with van der Waals surface area (Å²) in [5.74, 6) is 2.90. The van der Waals surface area contributed by atoms with E-state index < -0.39 is 0 Å². The maximum Gasteiger partial charge on any atom is 0.134 e. The third-order valence-corrected chi connectivity index (χ3v) is 3.22. The summed E-state index contributed by atoms with van der Waals surface area (Å²) in [6.45, 7) is 8.73. The molecule has 0 aromatic carbocycles. The van der Waals surface area contributed by atoms with Crippen molar-refractivity contribution in [2.24, 2.45) is 0 Å². The van der Waals surface area contributed by atoms with E-state index in [1.807, 2.05) is 7.05 Å². The average Bonchev–Trinajstić information content (AvgIpc) is 2.46. The zero-order valence-electron chi connectivity index (χ0n) is 12.9. The van der Waals surface area contributed by atoms with E-state index in [2.05, 4.69) is 47.0 Å². The van der Waals surface area contributed by atoms with Gasteiger partial charge in [-0.25, -0.2) is 9.97 Å². The van der Waals surface area contributed by atoms with Crippen molar-refractivity contribution in [3.05, 3.63) is 11.9 Å². The molecule has 0 amide bonds. The SMILES string of the molecule is CCCCN(CCCC)c1cc(NC)nc(CC)n1. The molecule has 0 aliphatic heterocycles. The number of hydrogen-bond acceptors (Lipinski definition) is 4. The number of hydrogen-bond donors (Lipinski definition) is 1. The molecule has 0 aliphatic carbocycles. The molecule has 0 radical (unpaired) electrons. The number of unbranched alkanes of at least 4 members (excludes halogenated alkanes) is 2. The third kappa shape index (κ3) is 5.05. The summed E-state index contributed by atoms with van der Waals surface area (Å²) in [4.78, 5) is 11.5. The Balaban J connectivity index is 2.91. The number of nitrogens with one attached hydrogen (secondary N) is 1. The first-order chi connectivity index (χ1) is 9.24. The lowest BCUT2D eigenvalue weighted by Gasteiger charge is -2.24. The smallest absolute Gasteiger partial charge is 0.134 e. The van der Waals surface area contributed by atoms with Crippen LogP contribution in [0.3, 0.4) is 0 Å². The van der Waals surface area contributed by atoms with Crippen LogP contribution in [0.1, 0.15) is 52.3 Å². The maximum atomic E-state index is 4.68. The van der Waals surface area contributed by atoms with Crippen LogP contribution in [0, 0.1) is 0 Å². The molecule has 0 bridgehead atoms. The summed E-state index contributed by atoms with van der Waals surface area (Å²) >= 11 is 0. The zero-order valence-corrected chi connectivity index (χ0v) is 12.9. The quantitative estimate of drug-likeness (QED) is 0.741. The van der Waals surface area contributed by atoms with E-state index in [4.69, 9.17) is 0 Å². The van der Waals surface area contributed by atoms with Gasteiger partial charge >= 0.3 is 0 Å². The number of anilines is 2. The summed E-state index contributed by atoms with van der Waals surface area (Å²) in [5, 5.41) is 3.13. The summed E-state index contributed by atoms with van der Waals surface area (Å²) in [7, 11) is 1.91. The molecule has 19 heavy (non-hydrogen) atoms. The van der Waals surface area contributed by atoms with Gasteiger partial charge in [0.25, 0.3) is 0 Å². The molecule has 0 saturated heterocycles. The van der Waals surface area contributed by atoms with Gasteiger partial charge in [-0.3, -0.25) is 0 Å². The lowest BCUT2D eigenvalue weighted by molar-refractivity contribution is 0.668. The minimum Gasteiger partial charge on any atom is -0.373 e. The normalized spacial score (nSPS) is 10.5. The van der Waals surface area contributed by atoms with Crippen LogP contribution in [0.4, 0.5) is 11.6 Å². The third-order valence-electron chi connectivity index (χ3n) is 3.22. The fourth-order valence-corrected chi connectivity index (χ4v) is 1.97. The van der Waals surface area contributed by atoms with Gasteiger partial charge in [0.1, 0.15) is 17.5 Å².